The number of carbonyl (C=O) groups is 1. The number of nitrogens with zero attached hydrogens (tertiary/aromatic N) is 1. The van der Waals surface area contributed by atoms with Crippen LogP contribution in [0.2, 0.25) is 0 Å². The normalized spacial score (nSPS) is 11.2. The van der Waals surface area contributed by atoms with E-state index >= 15 is 0 Å². The molecule has 2 aromatic carbocycles. The summed E-state index contributed by atoms with van der Waals surface area (Å²) in [7, 11) is 0. The lowest BCUT2D eigenvalue weighted by molar-refractivity contribution is 0.102. The van der Waals surface area contributed by atoms with E-state index in [1.165, 1.54) is 24.3 Å². The molecule has 0 bridgehead atoms. The zero-order chi connectivity index (χ0) is 15.4. The van der Waals surface area contributed by atoms with Crippen LogP contribution in [0.1, 0.15) is 15.9 Å². The van der Waals surface area contributed by atoms with Crippen molar-refractivity contribution in [3.8, 4) is 0 Å². The Morgan fingerprint density at radius 1 is 1.14 bits per heavy atom. The van der Waals surface area contributed by atoms with Gasteiger partial charge in [-0.15, -0.1) is 0 Å². The fourth-order valence-corrected chi connectivity index (χ4v) is 1.67. The Kier molecular flexibility index (Phi) is 4.13. The van der Waals surface area contributed by atoms with E-state index in [2.05, 4.69) is 10.5 Å². The molecular formula is C14H11F2N3O2. The molecule has 0 atom stereocenters. The van der Waals surface area contributed by atoms with Gasteiger partial charge in [0, 0.05) is 17.2 Å². The number of anilines is 1. The van der Waals surface area contributed by atoms with E-state index in [1.54, 1.807) is 0 Å². The van der Waals surface area contributed by atoms with Crippen LogP contribution in [0.5, 0.6) is 0 Å². The quantitative estimate of drug-likeness (QED) is 0.351. The number of amidine groups is 1. The average molecular weight is 291 g/mol. The van der Waals surface area contributed by atoms with Crippen molar-refractivity contribution in [2.45, 2.75) is 0 Å². The summed E-state index contributed by atoms with van der Waals surface area (Å²) in [4.78, 5) is 12.0. The van der Waals surface area contributed by atoms with Gasteiger partial charge in [-0.1, -0.05) is 17.3 Å². The molecule has 0 aliphatic heterocycles. The van der Waals surface area contributed by atoms with Gasteiger partial charge in [0.15, 0.2) is 5.84 Å². The number of nitrogens with two attached hydrogens (primary N) is 1. The van der Waals surface area contributed by atoms with E-state index in [-0.39, 0.29) is 17.1 Å². The monoisotopic (exact) mass is 291 g/mol. The maximum atomic E-state index is 13.5. The standard InChI is InChI=1S/C14H11F2N3O2/c15-10-4-5-11(16)12(7-10)18-14(20)9-3-1-2-8(6-9)13(17)19-21/h1-7,21H,(H2,17,19)(H,18,20). The van der Waals surface area contributed by atoms with Crippen LogP contribution < -0.4 is 11.1 Å². The number of amides is 1. The largest absolute Gasteiger partial charge is 0.409 e. The number of rotatable bonds is 3. The van der Waals surface area contributed by atoms with Gasteiger partial charge in [-0.05, 0) is 24.3 Å². The fraction of sp³-hybridized carbons (Fsp3) is 0. The third-order valence-electron chi connectivity index (χ3n) is 2.70. The summed E-state index contributed by atoms with van der Waals surface area (Å²) >= 11 is 0. The molecule has 5 nitrogen and oxygen atoms in total. The highest BCUT2D eigenvalue weighted by Crippen LogP contribution is 2.16. The lowest BCUT2D eigenvalue weighted by Gasteiger charge is -2.07. The number of nitrogens with one attached hydrogen (secondary N) is 1. The Balaban J connectivity index is 2.26. The summed E-state index contributed by atoms with van der Waals surface area (Å²) in [5.74, 6) is -2.23. The first-order chi connectivity index (χ1) is 10.0. The highest BCUT2D eigenvalue weighted by atomic mass is 19.1. The van der Waals surface area contributed by atoms with Gasteiger partial charge in [-0.2, -0.15) is 0 Å². The first-order valence-corrected chi connectivity index (χ1v) is 5.85. The first-order valence-electron chi connectivity index (χ1n) is 5.85. The molecule has 4 N–H and O–H groups in total. The summed E-state index contributed by atoms with van der Waals surface area (Å²) in [5, 5.41) is 13.7. The predicted molar refractivity (Wildman–Crippen MR) is 73.3 cm³/mol. The third-order valence-corrected chi connectivity index (χ3v) is 2.70. The molecule has 0 spiro atoms. The number of benzene rings is 2. The molecule has 2 aromatic rings. The second-order valence-corrected chi connectivity index (χ2v) is 4.14. The van der Waals surface area contributed by atoms with Crippen LogP contribution in [0.4, 0.5) is 14.5 Å². The smallest absolute Gasteiger partial charge is 0.255 e. The third kappa shape index (κ3) is 3.33. The number of hydrogen-bond donors (Lipinski definition) is 3. The van der Waals surface area contributed by atoms with Crippen LogP contribution in [-0.4, -0.2) is 17.0 Å². The average Bonchev–Trinajstić information content (AvgIpc) is 2.50. The summed E-state index contributed by atoms with van der Waals surface area (Å²) in [6.45, 7) is 0. The fourth-order valence-electron chi connectivity index (χ4n) is 1.67. The van der Waals surface area contributed by atoms with Gasteiger partial charge >= 0.3 is 0 Å². The van der Waals surface area contributed by atoms with Gasteiger partial charge in [0.1, 0.15) is 11.6 Å². The van der Waals surface area contributed by atoms with Crippen LogP contribution in [0.15, 0.2) is 47.6 Å². The molecule has 1 amide bonds. The molecule has 0 unspecified atom stereocenters. The molecule has 0 aliphatic carbocycles. The van der Waals surface area contributed by atoms with Gasteiger partial charge < -0.3 is 16.3 Å². The summed E-state index contributed by atoms with van der Waals surface area (Å²) in [6.07, 6.45) is 0. The van der Waals surface area contributed by atoms with E-state index in [0.29, 0.717) is 5.56 Å². The highest BCUT2D eigenvalue weighted by Gasteiger charge is 2.11. The molecule has 21 heavy (non-hydrogen) atoms. The van der Waals surface area contributed by atoms with Crippen LogP contribution in [0.25, 0.3) is 0 Å². The van der Waals surface area contributed by atoms with Crippen molar-refractivity contribution < 1.29 is 18.8 Å². The summed E-state index contributed by atoms with van der Waals surface area (Å²) in [5.41, 5.74) is 5.63. The molecular weight excluding hydrogens is 280 g/mol. The van der Waals surface area contributed by atoms with Crippen molar-refractivity contribution >= 4 is 17.4 Å². The van der Waals surface area contributed by atoms with E-state index in [4.69, 9.17) is 10.9 Å². The molecule has 7 heteroatoms. The first kappa shape index (κ1) is 14.4. The Bertz CT molecular complexity index is 717. The predicted octanol–water partition coefficient (Wildman–Crippen LogP) is 2.31. The summed E-state index contributed by atoms with van der Waals surface area (Å²) in [6, 6.07) is 8.61. The van der Waals surface area contributed by atoms with Crippen molar-refractivity contribution in [1.82, 2.24) is 0 Å². The maximum Gasteiger partial charge on any atom is 0.255 e. The molecule has 0 fully saturated rings. The molecule has 0 heterocycles. The highest BCUT2D eigenvalue weighted by molar-refractivity contribution is 6.06. The van der Waals surface area contributed by atoms with Gasteiger partial charge in [-0.3, -0.25) is 4.79 Å². The molecule has 0 radical (unpaired) electrons. The van der Waals surface area contributed by atoms with Crippen LogP contribution >= 0.6 is 0 Å². The molecule has 0 saturated carbocycles. The van der Waals surface area contributed by atoms with Gasteiger partial charge in [-0.25, -0.2) is 8.78 Å². The Morgan fingerprint density at radius 3 is 2.57 bits per heavy atom. The number of carbonyl (C=O) groups excluding carboxylic acids is 1. The Hall–Kier alpha value is -2.96. The Labute approximate surface area is 118 Å². The van der Waals surface area contributed by atoms with E-state index in [1.807, 2.05) is 0 Å². The van der Waals surface area contributed by atoms with E-state index < -0.39 is 17.5 Å². The number of hydrogen-bond acceptors (Lipinski definition) is 3. The number of halogens is 2. The topological polar surface area (TPSA) is 87.7 Å². The second kappa shape index (κ2) is 6.00. The van der Waals surface area contributed by atoms with Crippen LogP contribution in [0.3, 0.4) is 0 Å². The van der Waals surface area contributed by atoms with E-state index in [9.17, 15) is 13.6 Å². The maximum absolute atomic E-state index is 13.5. The zero-order valence-corrected chi connectivity index (χ0v) is 10.7. The second-order valence-electron chi connectivity index (χ2n) is 4.14. The van der Waals surface area contributed by atoms with Crippen LogP contribution in [-0.2, 0) is 0 Å². The Morgan fingerprint density at radius 2 is 1.86 bits per heavy atom. The van der Waals surface area contributed by atoms with Crippen molar-refractivity contribution in [3.05, 3.63) is 65.2 Å². The van der Waals surface area contributed by atoms with Crippen molar-refractivity contribution in [1.29, 1.82) is 0 Å². The summed E-state index contributed by atoms with van der Waals surface area (Å²) < 4.78 is 26.5. The minimum atomic E-state index is -0.752. The SMILES string of the molecule is N/C(=N\O)c1cccc(C(=O)Nc2cc(F)ccc2F)c1. The number of oxime groups is 1. The lowest BCUT2D eigenvalue weighted by atomic mass is 10.1. The van der Waals surface area contributed by atoms with Gasteiger partial charge in [0.2, 0.25) is 0 Å². The molecule has 0 aromatic heterocycles. The van der Waals surface area contributed by atoms with Crippen molar-refractivity contribution in [2.24, 2.45) is 10.9 Å². The van der Waals surface area contributed by atoms with E-state index in [0.717, 1.165) is 18.2 Å². The van der Waals surface area contributed by atoms with Crippen molar-refractivity contribution in [3.63, 3.8) is 0 Å². The minimum absolute atomic E-state index is 0.155. The molecule has 0 aliphatic rings. The van der Waals surface area contributed by atoms with Gasteiger partial charge in [0.25, 0.3) is 5.91 Å². The zero-order valence-electron chi connectivity index (χ0n) is 10.7. The molecule has 2 rings (SSSR count). The van der Waals surface area contributed by atoms with Crippen molar-refractivity contribution in [2.75, 3.05) is 5.32 Å². The molecule has 0 saturated heterocycles. The molecule has 108 valence electrons. The van der Waals surface area contributed by atoms with Gasteiger partial charge in [0.05, 0.1) is 5.69 Å². The van der Waals surface area contributed by atoms with Crippen LogP contribution in [0, 0.1) is 11.6 Å². The minimum Gasteiger partial charge on any atom is -0.409 e. The lowest BCUT2D eigenvalue weighted by Crippen LogP contribution is -2.16.